The minimum absolute atomic E-state index is 0. The van der Waals surface area contributed by atoms with Gasteiger partial charge in [0.05, 0.1) is 6.10 Å². The van der Waals surface area contributed by atoms with Gasteiger partial charge in [-0.05, 0) is 18.6 Å². The van der Waals surface area contributed by atoms with Crippen LogP contribution in [0.4, 0.5) is 0 Å². The summed E-state index contributed by atoms with van der Waals surface area (Å²) in [7, 11) is 0. The molecule has 0 unspecified atom stereocenters. The van der Waals surface area contributed by atoms with Gasteiger partial charge in [0.25, 0.3) is 0 Å². The average Bonchev–Trinajstić information content (AvgIpc) is 2.13. The molecule has 0 bridgehead atoms. The fraction of sp³-hybridized carbons (Fsp3) is 0.333. The smallest absolute Gasteiger partial charge is 0.160 e. The number of aliphatic hydroxyl groups excluding tert-OH is 1. The third-order valence-corrected chi connectivity index (χ3v) is 2.03. The van der Waals surface area contributed by atoms with Crippen molar-refractivity contribution >= 4 is 12.4 Å². The fourth-order valence-corrected chi connectivity index (χ4v) is 1.19. The highest BCUT2D eigenvalue weighted by molar-refractivity contribution is 5.85. The van der Waals surface area contributed by atoms with E-state index < -0.39 is 6.10 Å². The van der Waals surface area contributed by atoms with E-state index in [0.29, 0.717) is 11.1 Å². The van der Waals surface area contributed by atoms with E-state index in [1.54, 1.807) is 13.0 Å². The molecule has 5 heteroatoms. The molecule has 1 atom stereocenters. The standard InChI is InChI=1S/C9H13NO3.ClH/c1-5-6(8(12)4-10)2-3-7(11)9(5)13;/h2-3,8,11-13H,4,10H2,1H3;1H/t8-;/m0./s1. The maximum Gasteiger partial charge on any atom is 0.160 e. The Hall–Kier alpha value is -0.970. The van der Waals surface area contributed by atoms with Gasteiger partial charge < -0.3 is 21.1 Å². The molecule has 1 aromatic carbocycles. The molecular weight excluding hydrogens is 206 g/mol. The Bertz CT molecular complexity index is 317. The third kappa shape index (κ3) is 2.29. The lowest BCUT2D eigenvalue weighted by molar-refractivity contribution is 0.185. The van der Waals surface area contributed by atoms with Gasteiger partial charge in [-0.3, -0.25) is 0 Å². The summed E-state index contributed by atoms with van der Waals surface area (Å²) in [6, 6.07) is 2.87. The minimum Gasteiger partial charge on any atom is -0.504 e. The lowest BCUT2D eigenvalue weighted by Gasteiger charge is -2.12. The SMILES string of the molecule is Cc1c([C@@H](O)CN)ccc(O)c1O.Cl. The van der Waals surface area contributed by atoms with E-state index >= 15 is 0 Å². The molecule has 0 aromatic heterocycles. The Morgan fingerprint density at radius 3 is 2.43 bits per heavy atom. The number of aliphatic hydroxyl groups is 1. The number of nitrogens with two attached hydrogens (primary N) is 1. The molecule has 1 aromatic rings. The van der Waals surface area contributed by atoms with Crippen LogP contribution < -0.4 is 5.73 Å². The first-order valence-corrected chi connectivity index (χ1v) is 3.97. The predicted octanol–water partition coefficient (Wildman–Crippen LogP) is 0.820. The lowest BCUT2D eigenvalue weighted by atomic mass is 10.0. The molecule has 0 saturated carbocycles. The van der Waals surface area contributed by atoms with Crippen LogP contribution in [0.5, 0.6) is 11.5 Å². The molecular formula is C9H14ClNO3. The van der Waals surface area contributed by atoms with Crippen LogP contribution in [-0.2, 0) is 0 Å². The maximum atomic E-state index is 9.41. The Kier molecular flexibility index (Phi) is 4.70. The number of phenols is 2. The Balaban J connectivity index is 0.00000169. The minimum atomic E-state index is -0.800. The molecule has 80 valence electrons. The highest BCUT2D eigenvalue weighted by Gasteiger charge is 2.13. The van der Waals surface area contributed by atoms with Crippen LogP contribution in [0.25, 0.3) is 0 Å². The molecule has 0 fully saturated rings. The molecule has 4 nitrogen and oxygen atoms in total. The van der Waals surface area contributed by atoms with Crippen LogP contribution in [0.15, 0.2) is 12.1 Å². The average molecular weight is 220 g/mol. The summed E-state index contributed by atoms with van der Waals surface area (Å²) in [5.74, 6) is -0.393. The first-order chi connectivity index (χ1) is 6.07. The first-order valence-electron chi connectivity index (χ1n) is 3.97. The van der Waals surface area contributed by atoms with Gasteiger partial charge in [0, 0.05) is 12.1 Å². The molecule has 0 spiro atoms. The maximum absolute atomic E-state index is 9.41. The van der Waals surface area contributed by atoms with Gasteiger partial charge in [-0.25, -0.2) is 0 Å². The van der Waals surface area contributed by atoms with Crippen molar-refractivity contribution in [1.29, 1.82) is 0 Å². The second-order valence-corrected chi connectivity index (χ2v) is 2.90. The second kappa shape index (κ2) is 5.05. The zero-order valence-electron chi connectivity index (χ0n) is 7.77. The number of hydrogen-bond acceptors (Lipinski definition) is 4. The quantitative estimate of drug-likeness (QED) is 0.555. The molecule has 1 rings (SSSR count). The summed E-state index contributed by atoms with van der Waals surface area (Å²) < 4.78 is 0. The van der Waals surface area contributed by atoms with Crippen molar-refractivity contribution in [1.82, 2.24) is 0 Å². The summed E-state index contributed by atoms with van der Waals surface area (Å²) >= 11 is 0. The Labute approximate surface area is 88.4 Å². The number of halogens is 1. The van der Waals surface area contributed by atoms with Crippen LogP contribution in [0.1, 0.15) is 17.2 Å². The van der Waals surface area contributed by atoms with Crippen molar-refractivity contribution in [3.8, 4) is 11.5 Å². The normalized spacial score (nSPS) is 11.9. The zero-order chi connectivity index (χ0) is 10.0. The van der Waals surface area contributed by atoms with Crippen LogP contribution in [-0.4, -0.2) is 21.9 Å². The predicted molar refractivity (Wildman–Crippen MR) is 55.8 cm³/mol. The molecule has 0 aliphatic carbocycles. The molecule has 0 aliphatic heterocycles. The highest BCUT2D eigenvalue weighted by atomic mass is 35.5. The molecule has 14 heavy (non-hydrogen) atoms. The molecule has 0 saturated heterocycles. The van der Waals surface area contributed by atoms with E-state index in [4.69, 9.17) is 10.8 Å². The van der Waals surface area contributed by atoms with Gasteiger partial charge in [-0.2, -0.15) is 0 Å². The van der Waals surface area contributed by atoms with Gasteiger partial charge in [0.2, 0.25) is 0 Å². The number of phenolic OH excluding ortho intramolecular Hbond substituents is 2. The van der Waals surface area contributed by atoms with Crippen molar-refractivity contribution in [2.45, 2.75) is 13.0 Å². The van der Waals surface area contributed by atoms with Gasteiger partial charge in [-0.1, -0.05) is 6.07 Å². The summed E-state index contributed by atoms with van der Waals surface area (Å²) in [5, 5.41) is 27.9. The Morgan fingerprint density at radius 1 is 1.36 bits per heavy atom. The van der Waals surface area contributed by atoms with Crippen molar-refractivity contribution in [3.63, 3.8) is 0 Å². The van der Waals surface area contributed by atoms with Crippen molar-refractivity contribution in [2.24, 2.45) is 5.73 Å². The first kappa shape index (κ1) is 13.0. The lowest BCUT2D eigenvalue weighted by Crippen LogP contribution is -2.12. The second-order valence-electron chi connectivity index (χ2n) is 2.90. The summed E-state index contributed by atoms with van der Waals surface area (Å²) in [4.78, 5) is 0. The fourth-order valence-electron chi connectivity index (χ4n) is 1.19. The van der Waals surface area contributed by atoms with E-state index in [2.05, 4.69) is 0 Å². The molecule has 0 radical (unpaired) electrons. The highest BCUT2D eigenvalue weighted by Crippen LogP contribution is 2.32. The third-order valence-electron chi connectivity index (χ3n) is 2.03. The largest absolute Gasteiger partial charge is 0.504 e. The van der Waals surface area contributed by atoms with E-state index in [1.165, 1.54) is 6.07 Å². The number of hydrogen-bond donors (Lipinski definition) is 4. The zero-order valence-corrected chi connectivity index (χ0v) is 8.58. The molecule has 5 N–H and O–H groups in total. The topological polar surface area (TPSA) is 86.7 Å². The van der Waals surface area contributed by atoms with Gasteiger partial charge in [-0.15, -0.1) is 12.4 Å². The van der Waals surface area contributed by atoms with Crippen LogP contribution >= 0.6 is 12.4 Å². The number of rotatable bonds is 2. The summed E-state index contributed by atoms with van der Waals surface area (Å²) in [5.41, 5.74) is 6.26. The summed E-state index contributed by atoms with van der Waals surface area (Å²) in [6.45, 7) is 1.70. The molecule has 0 amide bonds. The molecule has 0 heterocycles. The number of aromatic hydroxyl groups is 2. The summed E-state index contributed by atoms with van der Waals surface area (Å²) in [6.07, 6.45) is -0.800. The molecule has 0 aliphatic rings. The van der Waals surface area contributed by atoms with E-state index in [-0.39, 0.29) is 30.5 Å². The monoisotopic (exact) mass is 219 g/mol. The van der Waals surface area contributed by atoms with E-state index in [9.17, 15) is 10.2 Å². The van der Waals surface area contributed by atoms with E-state index in [0.717, 1.165) is 0 Å². The van der Waals surface area contributed by atoms with E-state index in [1.807, 2.05) is 0 Å². The van der Waals surface area contributed by atoms with Crippen molar-refractivity contribution in [3.05, 3.63) is 23.3 Å². The van der Waals surface area contributed by atoms with Gasteiger partial charge in [0.1, 0.15) is 0 Å². The van der Waals surface area contributed by atoms with Gasteiger partial charge in [0.15, 0.2) is 11.5 Å². The Morgan fingerprint density at radius 2 is 1.93 bits per heavy atom. The van der Waals surface area contributed by atoms with Crippen LogP contribution in [0.3, 0.4) is 0 Å². The number of benzene rings is 1. The van der Waals surface area contributed by atoms with Crippen LogP contribution in [0, 0.1) is 6.92 Å². The van der Waals surface area contributed by atoms with Gasteiger partial charge >= 0.3 is 0 Å². The van der Waals surface area contributed by atoms with Crippen LogP contribution in [0.2, 0.25) is 0 Å². The van der Waals surface area contributed by atoms with Crippen molar-refractivity contribution in [2.75, 3.05) is 6.54 Å². The van der Waals surface area contributed by atoms with Crippen molar-refractivity contribution < 1.29 is 15.3 Å².